The minimum absolute atomic E-state index is 0.0214. The topological polar surface area (TPSA) is 62.3 Å². The van der Waals surface area contributed by atoms with Crippen molar-refractivity contribution in [3.8, 4) is 11.1 Å². The number of nitrogens with zero attached hydrogens (tertiary/aromatic N) is 2. The summed E-state index contributed by atoms with van der Waals surface area (Å²) in [6, 6.07) is 10.8. The first kappa shape index (κ1) is 18.6. The fourth-order valence-electron chi connectivity index (χ4n) is 2.30. The van der Waals surface area contributed by atoms with Crippen LogP contribution in [-0.4, -0.2) is 44.8 Å². The number of alkyl halides is 2. The molecule has 1 N–H and O–H groups in total. The average molecular weight is 564 g/mol. The van der Waals surface area contributed by atoms with Crippen LogP contribution in [0, 0.1) is 10.5 Å². The summed E-state index contributed by atoms with van der Waals surface area (Å²) >= 11 is -0.142. The fraction of sp³-hybridized carbons (Fsp3) is 0.278. The van der Waals surface area contributed by atoms with Gasteiger partial charge in [-0.3, -0.25) is 0 Å². The van der Waals surface area contributed by atoms with Crippen LogP contribution in [0.5, 0.6) is 0 Å². The summed E-state index contributed by atoms with van der Waals surface area (Å²) < 4.78 is 3.12. The number of aromatic nitrogens is 1. The van der Waals surface area contributed by atoms with Gasteiger partial charge in [0.15, 0.2) is 0 Å². The van der Waals surface area contributed by atoms with Gasteiger partial charge >= 0.3 is 148 Å². The van der Waals surface area contributed by atoms with E-state index in [2.05, 4.69) is 34.6 Å². The van der Waals surface area contributed by atoms with Crippen LogP contribution in [0.4, 0.5) is 0 Å². The summed E-state index contributed by atoms with van der Waals surface area (Å²) in [5, 5.41) is 2.63. The number of carbonyl (C=O) groups excluding carboxylic acids is 2. The molecule has 1 saturated heterocycles. The van der Waals surface area contributed by atoms with Gasteiger partial charge in [-0.05, 0) is 0 Å². The second-order valence-corrected chi connectivity index (χ2v) is 24.4. The monoisotopic (exact) mass is 564 g/mol. The molecular weight excluding hydrogens is 544 g/mol. The van der Waals surface area contributed by atoms with Crippen LogP contribution >= 0.6 is 15.8 Å². The minimum atomic E-state index is -0.676. The number of rotatable bonds is 5. The first-order valence-corrected chi connectivity index (χ1v) is 18.2. The summed E-state index contributed by atoms with van der Waals surface area (Å²) in [5.41, 5.74) is 3.40. The van der Waals surface area contributed by atoms with Crippen LogP contribution in [0.15, 0.2) is 36.5 Å². The van der Waals surface area contributed by atoms with Crippen LogP contribution in [-0.2, 0) is 4.79 Å². The Morgan fingerprint density at radius 3 is 2.68 bits per heavy atom. The normalized spacial score (nSPS) is 14.4. The Bertz CT molecular complexity index is 820. The van der Waals surface area contributed by atoms with E-state index in [1.807, 2.05) is 13.0 Å². The van der Waals surface area contributed by atoms with Gasteiger partial charge in [0, 0.05) is 14.1 Å². The van der Waals surface area contributed by atoms with Gasteiger partial charge in [0.25, 0.3) is 0 Å². The maximum atomic E-state index is 12.3. The van der Waals surface area contributed by atoms with Gasteiger partial charge in [0.05, 0.1) is 0 Å². The Morgan fingerprint density at radius 2 is 2.04 bits per heavy atom. The second kappa shape index (κ2) is 7.98. The van der Waals surface area contributed by atoms with Crippen LogP contribution in [0.25, 0.3) is 11.1 Å². The molecule has 25 heavy (non-hydrogen) atoms. The number of hydrogen-bond donors (Lipinski definition) is 1. The fourth-order valence-corrected chi connectivity index (χ4v) is 16.1. The third-order valence-corrected chi connectivity index (χ3v) is 17.9. The SMILES string of the molecule is Cc1cc(-c2cccc(I3C[I-]3)c2)cnc1C(=O)NCC(=O)N(C)C. The first-order valence-electron chi connectivity index (χ1n) is 7.77. The molecule has 5 nitrogen and oxygen atoms in total. The van der Waals surface area contributed by atoms with Crippen molar-refractivity contribution in [1.29, 1.82) is 0 Å². The molecule has 0 aliphatic carbocycles. The molecule has 0 saturated carbocycles. The number of hydrogen-bond acceptors (Lipinski definition) is 3. The number of pyridine rings is 1. The van der Waals surface area contributed by atoms with E-state index in [-0.39, 0.29) is 18.4 Å². The zero-order valence-corrected chi connectivity index (χ0v) is 18.7. The zero-order valence-electron chi connectivity index (χ0n) is 14.3. The van der Waals surface area contributed by atoms with Gasteiger partial charge in [-0.1, -0.05) is 0 Å². The quantitative estimate of drug-likeness (QED) is 0.395. The van der Waals surface area contributed by atoms with Crippen molar-refractivity contribution < 1.29 is 26.8 Å². The van der Waals surface area contributed by atoms with Gasteiger partial charge in [-0.25, -0.2) is 0 Å². The molecule has 2 amide bonds. The van der Waals surface area contributed by atoms with Crippen LogP contribution in [0.2, 0.25) is 0 Å². The van der Waals surface area contributed by atoms with Crippen molar-refractivity contribution in [3.63, 3.8) is 0 Å². The Hall–Kier alpha value is -1.23. The molecule has 134 valence electrons. The molecule has 0 bridgehead atoms. The molecule has 2 heterocycles. The molecule has 1 fully saturated rings. The van der Waals surface area contributed by atoms with E-state index in [0.717, 1.165) is 11.1 Å². The standard InChI is InChI=1S/C18H20I2N3O2/c1-12-7-14(13-5-4-6-15(8-13)20-11-19-20)9-21-17(12)18(25)22-10-16(24)23(2)3/h4-9H,10-11H2,1-3H3,(H,22,25)/q-1. The molecule has 0 unspecified atom stereocenters. The summed E-state index contributed by atoms with van der Waals surface area (Å²) in [4.78, 5) is 29.6. The molecule has 2 aromatic rings. The molecule has 1 aromatic heterocycles. The zero-order chi connectivity index (χ0) is 18.0. The molecule has 1 aliphatic rings. The Morgan fingerprint density at radius 1 is 1.28 bits per heavy atom. The number of amides is 2. The maximum absolute atomic E-state index is 12.3. The molecule has 1 aliphatic heterocycles. The minimum Gasteiger partial charge on any atom is 0.00887 e. The van der Waals surface area contributed by atoms with E-state index in [9.17, 15) is 9.59 Å². The van der Waals surface area contributed by atoms with E-state index >= 15 is 0 Å². The third-order valence-electron chi connectivity index (χ3n) is 3.79. The number of halogens is 2. The summed E-state index contributed by atoms with van der Waals surface area (Å²) in [6.07, 6.45) is 1.75. The average Bonchev–Trinajstić information content (AvgIpc) is 3.44. The molecule has 3 rings (SSSR count). The first-order chi connectivity index (χ1) is 12.0. The van der Waals surface area contributed by atoms with E-state index in [0.29, 0.717) is 22.9 Å². The Balaban J connectivity index is 1.75. The number of likely N-dealkylation sites (N-methyl/N-ethyl adjacent to an activating group) is 1. The molecule has 0 spiro atoms. The van der Waals surface area contributed by atoms with Crippen molar-refractivity contribution in [3.05, 3.63) is 51.4 Å². The predicted molar refractivity (Wildman–Crippen MR) is 103 cm³/mol. The van der Waals surface area contributed by atoms with Gasteiger partial charge < -0.3 is 0 Å². The van der Waals surface area contributed by atoms with Crippen molar-refractivity contribution in [2.24, 2.45) is 0 Å². The van der Waals surface area contributed by atoms with E-state index in [1.165, 1.54) is 12.9 Å². The predicted octanol–water partition coefficient (Wildman–Crippen LogP) is -0.474. The summed E-state index contributed by atoms with van der Waals surface area (Å²) in [7, 11) is 3.32. The second-order valence-electron chi connectivity index (χ2n) is 5.88. The van der Waals surface area contributed by atoms with Gasteiger partial charge in [0.1, 0.15) is 0 Å². The van der Waals surface area contributed by atoms with Gasteiger partial charge in [-0.15, -0.1) is 0 Å². The molecule has 0 radical (unpaired) electrons. The molecule has 0 atom stereocenters. The molecule has 7 heteroatoms. The van der Waals surface area contributed by atoms with Crippen molar-refractivity contribution in [2.75, 3.05) is 23.1 Å². The van der Waals surface area contributed by atoms with E-state index in [1.54, 1.807) is 23.9 Å². The van der Waals surface area contributed by atoms with Crippen molar-refractivity contribution in [1.82, 2.24) is 15.2 Å². The van der Waals surface area contributed by atoms with Gasteiger partial charge in [-0.2, -0.15) is 0 Å². The summed E-state index contributed by atoms with van der Waals surface area (Å²) in [5.74, 6) is -0.462. The molecular formula is C18H20I2N3O2-. The molecule has 1 aromatic carbocycles. The third kappa shape index (κ3) is 4.69. The number of carbonyl (C=O) groups is 2. The van der Waals surface area contributed by atoms with Crippen LogP contribution < -0.4 is 22.5 Å². The number of aryl methyl sites for hydroxylation is 1. The van der Waals surface area contributed by atoms with Crippen molar-refractivity contribution >= 4 is 27.7 Å². The number of benzene rings is 1. The smallest absolute Gasteiger partial charge is 0.00887 e. The van der Waals surface area contributed by atoms with Crippen LogP contribution in [0.1, 0.15) is 16.1 Å². The summed E-state index contributed by atoms with van der Waals surface area (Å²) in [6.45, 7) is 1.86. The van der Waals surface area contributed by atoms with Crippen molar-refractivity contribution in [2.45, 2.75) is 6.92 Å². The Labute approximate surface area is 161 Å². The Kier molecular flexibility index (Phi) is 5.92. The van der Waals surface area contributed by atoms with E-state index < -0.39 is 15.8 Å². The van der Waals surface area contributed by atoms with E-state index in [4.69, 9.17) is 0 Å². The van der Waals surface area contributed by atoms with Gasteiger partial charge in [0.2, 0.25) is 0 Å². The number of nitrogens with one attached hydrogen (secondary N) is 1. The van der Waals surface area contributed by atoms with Crippen LogP contribution in [0.3, 0.4) is 0 Å².